The Kier molecular flexibility index (Phi) is 2.69. The maximum absolute atomic E-state index is 5.96. The summed E-state index contributed by atoms with van der Waals surface area (Å²) in [5.74, 6) is 2.09. The smallest absolute Gasteiger partial charge is 0.123 e. The molecule has 3 nitrogen and oxygen atoms in total. The van der Waals surface area contributed by atoms with Crippen LogP contribution in [0.25, 0.3) is 11.0 Å². The molecule has 0 amide bonds. The summed E-state index contributed by atoms with van der Waals surface area (Å²) in [5, 5.41) is 0. The zero-order valence-electron chi connectivity index (χ0n) is 11.2. The van der Waals surface area contributed by atoms with Crippen molar-refractivity contribution in [3.05, 3.63) is 59.9 Å². The third-order valence-corrected chi connectivity index (χ3v) is 3.86. The van der Waals surface area contributed by atoms with Gasteiger partial charge in [0, 0.05) is 12.8 Å². The van der Waals surface area contributed by atoms with Gasteiger partial charge in [0.05, 0.1) is 11.0 Å². The lowest BCUT2D eigenvalue weighted by molar-refractivity contribution is 0.221. The maximum Gasteiger partial charge on any atom is 0.123 e. The first-order valence-corrected chi connectivity index (χ1v) is 7.07. The molecule has 1 aliphatic heterocycles. The average molecular weight is 264 g/mol. The Hall–Kier alpha value is -2.29. The monoisotopic (exact) mass is 264 g/mol. The fourth-order valence-electron chi connectivity index (χ4n) is 2.84. The van der Waals surface area contributed by atoms with E-state index in [-0.39, 0.29) is 6.10 Å². The minimum Gasteiger partial charge on any atom is -0.490 e. The highest BCUT2D eigenvalue weighted by atomic mass is 16.5. The second-order valence-corrected chi connectivity index (χ2v) is 5.29. The maximum atomic E-state index is 5.96. The zero-order valence-corrected chi connectivity index (χ0v) is 11.2. The predicted octanol–water partition coefficient (Wildman–Crippen LogP) is 3.50. The fourth-order valence-corrected chi connectivity index (χ4v) is 2.84. The lowest BCUT2D eigenvalue weighted by Crippen LogP contribution is -2.14. The third kappa shape index (κ3) is 2.05. The van der Waals surface area contributed by atoms with E-state index in [1.165, 1.54) is 5.56 Å². The van der Waals surface area contributed by atoms with Gasteiger partial charge in [-0.3, -0.25) is 0 Å². The number of aryl methyl sites for hydroxylation is 1. The first-order valence-electron chi connectivity index (χ1n) is 7.07. The number of rotatable bonds is 3. The summed E-state index contributed by atoms with van der Waals surface area (Å²) < 4.78 is 5.96. The van der Waals surface area contributed by atoms with Crippen LogP contribution in [0.3, 0.4) is 0 Å². The van der Waals surface area contributed by atoms with Crippen molar-refractivity contribution >= 4 is 11.0 Å². The van der Waals surface area contributed by atoms with Gasteiger partial charge in [-0.2, -0.15) is 0 Å². The summed E-state index contributed by atoms with van der Waals surface area (Å²) in [4.78, 5) is 7.99. The topological polar surface area (TPSA) is 37.9 Å². The van der Waals surface area contributed by atoms with Gasteiger partial charge in [0.2, 0.25) is 0 Å². The van der Waals surface area contributed by atoms with Gasteiger partial charge in [0.25, 0.3) is 0 Å². The number of imidazole rings is 1. The highest BCUT2D eigenvalue weighted by Crippen LogP contribution is 2.29. The van der Waals surface area contributed by atoms with Gasteiger partial charge >= 0.3 is 0 Å². The minimum absolute atomic E-state index is 0.278. The van der Waals surface area contributed by atoms with Crippen LogP contribution in [0.15, 0.2) is 48.5 Å². The molecule has 0 aliphatic carbocycles. The SMILES string of the molecule is c1ccc2c(c1)CC(CCc1nc3ccccc3[nH]1)O2. The number of H-pyrrole nitrogens is 1. The molecule has 1 atom stereocenters. The first kappa shape index (κ1) is 11.5. The van der Waals surface area contributed by atoms with Crippen LogP contribution in [0.2, 0.25) is 0 Å². The highest BCUT2D eigenvalue weighted by molar-refractivity contribution is 5.74. The van der Waals surface area contributed by atoms with E-state index < -0.39 is 0 Å². The average Bonchev–Trinajstić information content (AvgIpc) is 3.07. The van der Waals surface area contributed by atoms with E-state index in [2.05, 4.69) is 34.2 Å². The third-order valence-electron chi connectivity index (χ3n) is 3.86. The van der Waals surface area contributed by atoms with Crippen molar-refractivity contribution in [3.63, 3.8) is 0 Å². The Labute approximate surface area is 117 Å². The molecule has 1 aromatic heterocycles. The Morgan fingerprint density at radius 1 is 1.10 bits per heavy atom. The molecule has 1 unspecified atom stereocenters. The van der Waals surface area contributed by atoms with Gasteiger partial charge in [-0.25, -0.2) is 4.98 Å². The molecule has 2 heterocycles. The fraction of sp³-hybridized carbons (Fsp3) is 0.235. The molecule has 20 heavy (non-hydrogen) atoms. The quantitative estimate of drug-likeness (QED) is 0.786. The molecule has 0 saturated heterocycles. The van der Waals surface area contributed by atoms with Crippen molar-refractivity contribution < 1.29 is 4.74 Å². The Balaban J connectivity index is 1.44. The van der Waals surface area contributed by atoms with Crippen molar-refractivity contribution in [2.45, 2.75) is 25.4 Å². The van der Waals surface area contributed by atoms with Crippen LogP contribution in [0.5, 0.6) is 5.75 Å². The summed E-state index contributed by atoms with van der Waals surface area (Å²) >= 11 is 0. The molecule has 0 saturated carbocycles. The van der Waals surface area contributed by atoms with Crippen molar-refractivity contribution in [3.8, 4) is 5.75 Å². The van der Waals surface area contributed by atoms with Crippen LogP contribution < -0.4 is 4.74 Å². The number of nitrogens with one attached hydrogen (secondary N) is 1. The van der Waals surface area contributed by atoms with Crippen LogP contribution in [-0.2, 0) is 12.8 Å². The second-order valence-electron chi connectivity index (χ2n) is 5.29. The molecular weight excluding hydrogens is 248 g/mol. The van der Waals surface area contributed by atoms with E-state index in [9.17, 15) is 0 Å². The van der Waals surface area contributed by atoms with Crippen molar-refractivity contribution in [1.82, 2.24) is 9.97 Å². The van der Waals surface area contributed by atoms with Crippen LogP contribution in [0, 0.1) is 0 Å². The standard InChI is InChI=1S/C17H16N2O/c1-4-8-16-12(5-1)11-13(20-16)9-10-17-18-14-6-2-3-7-15(14)19-17/h1-8,13H,9-11H2,(H,18,19). The van der Waals surface area contributed by atoms with Crippen LogP contribution >= 0.6 is 0 Å². The molecule has 3 aromatic rings. The van der Waals surface area contributed by atoms with Gasteiger partial charge in [0.1, 0.15) is 17.7 Å². The molecule has 0 bridgehead atoms. The lowest BCUT2D eigenvalue weighted by atomic mass is 10.1. The summed E-state index contributed by atoms with van der Waals surface area (Å²) in [5.41, 5.74) is 3.47. The molecule has 0 spiro atoms. The van der Waals surface area contributed by atoms with Crippen LogP contribution in [0.4, 0.5) is 0 Å². The van der Waals surface area contributed by atoms with Crippen LogP contribution in [0.1, 0.15) is 17.8 Å². The summed E-state index contributed by atoms with van der Waals surface area (Å²) in [6.07, 6.45) is 3.21. The van der Waals surface area contributed by atoms with Gasteiger partial charge < -0.3 is 9.72 Å². The Morgan fingerprint density at radius 2 is 1.95 bits per heavy atom. The van der Waals surface area contributed by atoms with Gasteiger partial charge in [-0.05, 0) is 30.2 Å². The minimum atomic E-state index is 0.278. The van der Waals surface area contributed by atoms with E-state index in [1.807, 2.05) is 24.3 Å². The van der Waals surface area contributed by atoms with Crippen molar-refractivity contribution in [2.75, 3.05) is 0 Å². The Bertz CT molecular complexity index is 689. The molecule has 0 radical (unpaired) electrons. The number of para-hydroxylation sites is 3. The van der Waals surface area contributed by atoms with E-state index in [0.717, 1.165) is 41.9 Å². The van der Waals surface area contributed by atoms with Crippen molar-refractivity contribution in [1.29, 1.82) is 0 Å². The van der Waals surface area contributed by atoms with Crippen LogP contribution in [-0.4, -0.2) is 16.1 Å². The van der Waals surface area contributed by atoms with E-state index in [1.54, 1.807) is 0 Å². The normalized spacial score (nSPS) is 17.1. The predicted molar refractivity (Wildman–Crippen MR) is 79.0 cm³/mol. The number of nitrogens with zero attached hydrogens (tertiary/aromatic N) is 1. The number of hydrogen-bond acceptors (Lipinski definition) is 2. The second kappa shape index (κ2) is 4.67. The first-order chi connectivity index (χ1) is 9.88. The molecule has 2 aromatic carbocycles. The highest BCUT2D eigenvalue weighted by Gasteiger charge is 2.22. The lowest BCUT2D eigenvalue weighted by Gasteiger charge is -2.08. The molecule has 0 fully saturated rings. The summed E-state index contributed by atoms with van der Waals surface area (Å²) in [6.45, 7) is 0. The number of hydrogen-bond donors (Lipinski definition) is 1. The molecule has 1 aliphatic rings. The molecule has 4 rings (SSSR count). The van der Waals surface area contributed by atoms with Gasteiger partial charge in [-0.1, -0.05) is 30.3 Å². The number of aromatic nitrogens is 2. The number of benzene rings is 2. The van der Waals surface area contributed by atoms with E-state index in [0.29, 0.717) is 0 Å². The number of aromatic amines is 1. The molecule has 100 valence electrons. The van der Waals surface area contributed by atoms with Crippen molar-refractivity contribution in [2.24, 2.45) is 0 Å². The zero-order chi connectivity index (χ0) is 13.4. The summed E-state index contributed by atoms with van der Waals surface area (Å²) in [6, 6.07) is 16.5. The summed E-state index contributed by atoms with van der Waals surface area (Å²) in [7, 11) is 0. The van der Waals surface area contributed by atoms with E-state index >= 15 is 0 Å². The van der Waals surface area contributed by atoms with Gasteiger partial charge in [-0.15, -0.1) is 0 Å². The molecule has 1 N–H and O–H groups in total. The Morgan fingerprint density at radius 3 is 2.85 bits per heavy atom. The van der Waals surface area contributed by atoms with Gasteiger partial charge in [0.15, 0.2) is 0 Å². The number of ether oxygens (including phenoxy) is 1. The molecule has 3 heteroatoms. The number of fused-ring (bicyclic) bond motifs is 2. The van der Waals surface area contributed by atoms with E-state index in [4.69, 9.17) is 4.74 Å². The largest absolute Gasteiger partial charge is 0.490 e. The molecular formula is C17H16N2O.